The largest absolute Gasteiger partial charge is 0.307 e. The van der Waals surface area contributed by atoms with E-state index in [0.717, 1.165) is 17.7 Å². The van der Waals surface area contributed by atoms with Gasteiger partial charge in [0.15, 0.2) is 0 Å². The third-order valence-corrected chi connectivity index (χ3v) is 3.57. The van der Waals surface area contributed by atoms with E-state index in [9.17, 15) is 10.1 Å². The van der Waals surface area contributed by atoms with Crippen molar-refractivity contribution in [3.05, 3.63) is 68.5 Å². The van der Waals surface area contributed by atoms with Crippen molar-refractivity contribution in [1.29, 1.82) is 0 Å². The summed E-state index contributed by atoms with van der Waals surface area (Å²) in [5, 5.41) is 14.3. The monoisotopic (exact) mass is 305 g/mol. The van der Waals surface area contributed by atoms with Crippen LogP contribution in [0.15, 0.2) is 36.5 Å². The number of pyridine rings is 1. The fourth-order valence-corrected chi connectivity index (χ4v) is 2.30. The summed E-state index contributed by atoms with van der Waals surface area (Å²) in [6, 6.07) is 8.49. The number of halogens is 1. The van der Waals surface area contributed by atoms with E-state index in [2.05, 4.69) is 23.3 Å². The predicted octanol–water partition coefficient (Wildman–Crippen LogP) is 3.50. The molecule has 0 amide bonds. The van der Waals surface area contributed by atoms with E-state index in [-0.39, 0.29) is 5.69 Å². The molecule has 0 saturated carbocycles. The van der Waals surface area contributed by atoms with Crippen molar-refractivity contribution in [2.75, 3.05) is 0 Å². The molecule has 0 aliphatic rings. The molecule has 110 valence electrons. The lowest BCUT2D eigenvalue weighted by molar-refractivity contribution is -0.384. The van der Waals surface area contributed by atoms with E-state index in [0.29, 0.717) is 18.1 Å². The van der Waals surface area contributed by atoms with E-state index in [1.165, 1.54) is 17.7 Å². The van der Waals surface area contributed by atoms with Gasteiger partial charge in [-0.3, -0.25) is 15.1 Å². The van der Waals surface area contributed by atoms with Gasteiger partial charge in [0.05, 0.1) is 15.6 Å². The summed E-state index contributed by atoms with van der Waals surface area (Å²) in [5.74, 6) is 0. The average Bonchev–Trinajstić information content (AvgIpc) is 2.49. The first kappa shape index (κ1) is 15.4. The van der Waals surface area contributed by atoms with Crippen molar-refractivity contribution < 1.29 is 4.92 Å². The molecular weight excluding hydrogens is 290 g/mol. The van der Waals surface area contributed by atoms with Gasteiger partial charge in [-0.15, -0.1) is 0 Å². The molecular formula is C15H16ClN3O2. The van der Waals surface area contributed by atoms with Crippen LogP contribution in [0.1, 0.15) is 23.7 Å². The smallest absolute Gasteiger partial charge is 0.270 e. The Morgan fingerprint density at radius 1 is 1.29 bits per heavy atom. The fourth-order valence-electron chi connectivity index (χ4n) is 2.06. The van der Waals surface area contributed by atoms with Gasteiger partial charge in [-0.25, -0.2) is 0 Å². The van der Waals surface area contributed by atoms with Crippen LogP contribution >= 0.6 is 11.6 Å². The zero-order valence-corrected chi connectivity index (χ0v) is 12.4. The highest BCUT2D eigenvalue weighted by Gasteiger charge is 2.09. The van der Waals surface area contributed by atoms with Crippen molar-refractivity contribution in [2.24, 2.45) is 0 Å². The van der Waals surface area contributed by atoms with E-state index in [1.807, 2.05) is 6.07 Å². The third kappa shape index (κ3) is 4.00. The standard InChI is InChI=1S/C15H16ClN3O2/c1-2-11-4-3-7-18-15(11)10-17-9-12-5-6-13(19(20)21)8-14(12)16/h3-8,17H,2,9-10H2,1H3. The summed E-state index contributed by atoms with van der Waals surface area (Å²) in [7, 11) is 0. The first-order chi connectivity index (χ1) is 10.1. The van der Waals surface area contributed by atoms with Crippen LogP contribution in [0.2, 0.25) is 5.02 Å². The SMILES string of the molecule is CCc1cccnc1CNCc1ccc([N+](=O)[O-])cc1Cl. The number of non-ortho nitro benzene ring substituents is 1. The molecule has 0 aliphatic carbocycles. The molecule has 0 fully saturated rings. The molecule has 2 rings (SSSR count). The van der Waals surface area contributed by atoms with Crippen LogP contribution < -0.4 is 5.32 Å². The van der Waals surface area contributed by atoms with Gasteiger partial charge in [0.1, 0.15) is 0 Å². The molecule has 5 nitrogen and oxygen atoms in total. The van der Waals surface area contributed by atoms with Gasteiger partial charge in [0.25, 0.3) is 5.69 Å². The summed E-state index contributed by atoms with van der Waals surface area (Å²) in [6.45, 7) is 3.27. The number of benzene rings is 1. The van der Waals surface area contributed by atoms with Crippen molar-refractivity contribution in [1.82, 2.24) is 10.3 Å². The number of hydrogen-bond donors (Lipinski definition) is 1. The molecule has 2 aromatic rings. The van der Waals surface area contributed by atoms with Gasteiger partial charge in [-0.05, 0) is 29.7 Å². The molecule has 0 bridgehead atoms. The van der Waals surface area contributed by atoms with E-state index in [4.69, 9.17) is 11.6 Å². The Kier molecular flexibility index (Phi) is 5.25. The summed E-state index contributed by atoms with van der Waals surface area (Å²) in [5.41, 5.74) is 3.05. The maximum absolute atomic E-state index is 10.7. The molecule has 1 aromatic heterocycles. The topological polar surface area (TPSA) is 68.1 Å². The van der Waals surface area contributed by atoms with Gasteiger partial charge in [-0.2, -0.15) is 0 Å². The number of nitrogens with zero attached hydrogens (tertiary/aromatic N) is 2. The van der Waals surface area contributed by atoms with E-state index in [1.54, 1.807) is 12.3 Å². The van der Waals surface area contributed by atoms with Gasteiger partial charge in [0, 0.05) is 31.4 Å². The Morgan fingerprint density at radius 2 is 2.10 bits per heavy atom. The minimum Gasteiger partial charge on any atom is -0.307 e. The highest BCUT2D eigenvalue weighted by molar-refractivity contribution is 6.31. The highest BCUT2D eigenvalue weighted by atomic mass is 35.5. The number of nitro benzene ring substituents is 1. The Hall–Kier alpha value is -1.98. The summed E-state index contributed by atoms with van der Waals surface area (Å²) >= 11 is 6.05. The first-order valence-electron chi connectivity index (χ1n) is 6.68. The van der Waals surface area contributed by atoms with Crippen molar-refractivity contribution in [2.45, 2.75) is 26.4 Å². The van der Waals surface area contributed by atoms with Gasteiger partial charge in [-0.1, -0.05) is 24.6 Å². The first-order valence-corrected chi connectivity index (χ1v) is 7.06. The van der Waals surface area contributed by atoms with Crippen molar-refractivity contribution >= 4 is 17.3 Å². The summed E-state index contributed by atoms with van der Waals surface area (Å²) < 4.78 is 0. The molecule has 1 heterocycles. The Balaban J connectivity index is 1.99. The molecule has 0 radical (unpaired) electrons. The average molecular weight is 306 g/mol. The lowest BCUT2D eigenvalue weighted by Crippen LogP contribution is -2.15. The quantitative estimate of drug-likeness (QED) is 0.655. The van der Waals surface area contributed by atoms with Crippen LogP contribution in [0.3, 0.4) is 0 Å². The van der Waals surface area contributed by atoms with Crippen LogP contribution in [-0.2, 0) is 19.5 Å². The second-order valence-corrected chi connectivity index (χ2v) is 5.01. The van der Waals surface area contributed by atoms with Crippen LogP contribution in [0.5, 0.6) is 0 Å². The molecule has 0 aliphatic heterocycles. The molecule has 6 heteroatoms. The molecule has 0 spiro atoms. The maximum Gasteiger partial charge on any atom is 0.270 e. The van der Waals surface area contributed by atoms with Crippen LogP contribution in [0.25, 0.3) is 0 Å². The zero-order chi connectivity index (χ0) is 15.2. The van der Waals surface area contributed by atoms with Crippen molar-refractivity contribution in [3.8, 4) is 0 Å². The molecule has 1 aromatic carbocycles. The number of nitro groups is 1. The second kappa shape index (κ2) is 7.15. The third-order valence-electron chi connectivity index (χ3n) is 3.22. The van der Waals surface area contributed by atoms with Crippen LogP contribution in [0, 0.1) is 10.1 Å². The minimum atomic E-state index is -0.454. The normalized spacial score (nSPS) is 10.6. The molecule has 0 unspecified atom stereocenters. The molecule has 21 heavy (non-hydrogen) atoms. The second-order valence-electron chi connectivity index (χ2n) is 4.60. The summed E-state index contributed by atoms with van der Waals surface area (Å²) in [4.78, 5) is 14.6. The Labute approximate surface area is 128 Å². The lowest BCUT2D eigenvalue weighted by Gasteiger charge is -2.09. The Morgan fingerprint density at radius 3 is 2.76 bits per heavy atom. The van der Waals surface area contributed by atoms with Crippen molar-refractivity contribution in [3.63, 3.8) is 0 Å². The number of rotatable bonds is 6. The fraction of sp³-hybridized carbons (Fsp3) is 0.267. The number of aromatic nitrogens is 1. The molecule has 1 N–H and O–H groups in total. The minimum absolute atomic E-state index is 0.00162. The van der Waals surface area contributed by atoms with E-state index < -0.39 is 4.92 Å². The maximum atomic E-state index is 10.7. The van der Waals surface area contributed by atoms with Gasteiger partial charge < -0.3 is 5.32 Å². The zero-order valence-electron chi connectivity index (χ0n) is 11.7. The number of nitrogens with one attached hydrogen (secondary N) is 1. The summed E-state index contributed by atoms with van der Waals surface area (Å²) in [6.07, 6.45) is 2.71. The number of hydrogen-bond acceptors (Lipinski definition) is 4. The number of aryl methyl sites for hydroxylation is 1. The van der Waals surface area contributed by atoms with Crippen LogP contribution in [-0.4, -0.2) is 9.91 Å². The predicted molar refractivity (Wildman–Crippen MR) is 82.3 cm³/mol. The van der Waals surface area contributed by atoms with Gasteiger partial charge >= 0.3 is 0 Å². The van der Waals surface area contributed by atoms with E-state index >= 15 is 0 Å². The highest BCUT2D eigenvalue weighted by Crippen LogP contribution is 2.22. The molecule has 0 saturated heterocycles. The Bertz CT molecular complexity index is 647. The van der Waals surface area contributed by atoms with Gasteiger partial charge in [0.2, 0.25) is 0 Å². The van der Waals surface area contributed by atoms with Crippen LogP contribution in [0.4, 0.5) is 5.69 Å². The lowest BCUT2D eigenvalue weighted by atomic mass is 10.1. The molecule has 0 atom stereocenters.